The summed E-state index contributed by atoms with van der Waals surface area (Å²) in [7, 11) is -3.40. The minimum Gasteiger partial charge on any atom is -0.336 e. The van der Waals surface area contributed by atoms with E-state index in [-0.39, 0.29) is 11.7 Å². The molecule has 1 amide bonds. The molecule has 1 aliphatic heterocycles. The van der Waals surface area contributed by atoms with Crippen molar-refractivity contribution in [2.45, 2.75) is 13.3 Å². The number of rotatable bonds is 5. The van der Waals surface area contributed by atoms with Gasteiger partial charge in [-0.25, -0.2) is 8.42 Å². The summed E-state index contributed by atoms with van der Waals surface area (Å²) < 4.78 is 26.3. The summed E-state index contributed by atoms with van der Waals surface area (Å²) in [6.07, 6.45) is 0.531. The molecule has 0 atom stereocenters. The molecule has 0 saturated carbocycles. The number of nitrogens with zero attached hydrogens (tertiary/aromatic N) is 1. The Labute approximate surface area is 125 Å². The molecule has 0 radical (unpaired) electrons. The number of carbonyl (C=O) groups excluding carboxylic acids is 1. The predicted molar refractivity (Wildman–Crippen MR) is 82.9 cm³/mol. The van der Waals surface area contributed by atoms with Gasteiger partial charge in [-0.05, 0) is 18.6 Å². The number of amides is 1. The lowest BCUT2D eigenvalue weighted by Gasteiger charge is -2.28. The van der Waals surface area contributed by atoms with Gasteiger partial charge in [0.25, 0.3) is 5.91 Å². The lowest BCUT2D eigenvalue weighted by atomic mass is 10.1. The number of hydrogen-bond donors (Lipinski definition) is 2. The number of anilines is 1. The third kappa shape index (κ3) is 4.18. The van der Waals surface area contributed by atoms with Gasteiger partial charge in [-0.1, -0.05) is 19.1 Å². The monoisotopic (exact) mass is 311 g/mol. The second-order valence-corrected chi connectivity index (χ2v) is 6.85. The number of carbonyl (C=O) groups is 1. The van der Waals surface area contributed by atoms with Crippen LogP contribution in [0.1, 0.15) is 23.7 Å². The molecule has 1 fully saturated rings. The Balaban J connectivity index is 2.22. The molecule has 1 saturated heterocycles. The van der Waals surface area contributed by atoms with Gasteiger partial charge in [-0.3, -0.25) is 9.52 Å². The Morgan fingerprint density at radius 2 is 1.95 bits per heavy atom. The Bertz CT molecular complexity index is 595. The number of nitrogens with one attached hydrogen (secondary N) is 2. The molecule has 0 bridgehead atoms. The van der Waals surface area contributed by atoms with Crippen LogP contribution in [0.5, 0.6) is 0 Å². The maximum atomic E-state index is 12.5. The molecule has 2 N–H and O–H groups in total. The van der Waals surface area contributed by atoms with E-state index in [0.29, 0.717) is 30.8 Å². The quantitative estimate of drug-likeness (QED) is 0.846. The van der Waals surface area contributed by atoms with Crippen LogP contribution >= 0.6 is 0 Å². The van der Waals surface area contributed by atoms with Gasteiger partial charge in [0.05, 0.1) is 17.0 Å². The van der Waals surface area contributed by atoms with Crippen LogP contribution in [0.4, 0.5) is 5.69 Å². The van der Waals surface area contributed by atoms with E-state index in [4.69, 9.17) is 0 Å². The van der Waals surface area contributed by atoms with E-state index in [1.807, 2.05) is 0 Å². The molecule has 1 aromatic rings. The van der Waals surface area contributed by atoms with E-state index >= 15 is 0 Å². The van der Waals surface area contributed by atoms with Gasteiger partial charge in [-0.15, -0.1) is 0 Å². The zero-order valence-electron chi connectivity index (χ0n) is 12.1. The molecule has 0 aliphatic carbocycles. The van der Waals surface area contributed by atoms with Crippen molar-refractivity contribution in [2.24, 2.45) is 0 Å². The van der Waals surface area contributed by atoms with Crippen molar-refractivity contribution in [3.8, 4) is 0 Å². The van der Waals surface area contributed by atoms with Crippen molar-refractivity contribution in [3.63, 3.8) is 0 Å². The van der Waals surface area contributed by atoms with Gasteiger partial charge >= 0.3 is 0 Å². The molecule has 0 aromatic heterocycles. The Kier molecular flexibility index (Phi) is 5.19. The predicted octanol–water partition coefficient (Wildman–Crippen LogP) is 0.884. The molecule has 0 unspecified atom stereocenters. The van der Waals surface area contributed by atoms with Crippen LogP contribution in [0.3, 0.4) is 0 Å². The zero-order chi connectivity index (χ0) is 15.3. The molecule has 116 valence electrons. The van der Waals surface area contributed by atoms with Crippen molar-refractivity contribution >= 4 is 21.6 Å². The van der Waals surface area contributed by atoms with E-state index in [1.165, 1.54) is 0 Å². The van der Waals surface area contributed by atoms with Crippen LogP contribution in [0.2, 0.25) is 0 Å². The summed E-state index contributed by atoms with van der Waals surface area (Å²) in [5, 5.41) is 3.19. The van der Waals surface area contributed by atoms with Crippen LogP contribution < -0.4 is 10.0 Å². The standard InChI is InChI=1S/C14H21N3O3S/c1-2-11-21(19,20)16-13-6-4-3-5-12(13)14(18)17-9-7-15-8-10-17/h3-6,15-16H,2,7-11H2,1H3. The topological polar surface area (TPSA) is 78.5 Å². The molecule has 1 heterocycles. The normalized spacial score (nSPS) is 15.8. The third-order valence-electron chi connectivity index (χ3n) is 3.30. The molecule has 21 heavy (non-hydrogen) atoms. The second-order valence-electron chi connectivity index (χ2n) is 5.01. The van der Waals surface area contributed by atoms with E-state index < -0.39 is 10.0 Å². The summed E-state index contributed by atoms with van der Waals surface area (Å²) in [4.78, 5) is 14.3. The van der Waals surface area contributed by atoms with E-state index in [9.17, 15) is 13.2 Å². The van der Waals surface area contributed by atoms with Gasteiger partial charge in [0.1, 0.15) is 0 Å². The maximum absolute atomic E-state index is 12.5. The fourth-order valence-electron chi connectivity index (χ4n) is 2.28. The maximum Gasteiger partial charge on any atom is 0.256 e. The molecule has 1 aliphatic rings. The fraction of sp³-hybridized carbons (Fsp3) is 0.500. The Hall–Kier alpha value is -1.60. The van der Waals surface area contributed by atoms with Gasteiger partial charge in [-0.2, -0.15) is 0 Å². The Morgan fingerprint density at radius 3 is 2.62 bits per heavy atom. The first kappa shape index (κ1) is 15.8. The second kappa shape index (κ2) is 6.91. The number of para-hydroxylation sites is 1. The number of piperazine rings is 1. The third-order valence-corrected chi connectivity index (χ3v) is 4.78. The minimum atomic E-state index is -3.40. The van der Waals surface area contributed by atoms with E-state index in [1.54, 1.807) is 36.1 Å². The molecule has 1 aromatic carbocycles. The fourth-order valence-corrected chi connectivity index (χ4v) is 3.44. The highest BCUT2D eigenvalue weighted by Crippen LogP contribution is 2.19. The van der Waals surface area contributed by atoms with Gasteiger partial charge in [0.15, 0.2) is 0 Å². The van der Waals surface area contributed by atoms with Crippen LogP contribution in [-0.2, 0) is 10.0 Å². The van der Waals surface area contributed by atoms with Crippen LogP contribution in [0.15, 0.2) is 24.3 Å². The van der Waals surface area contributed by atoms with Gasteiger partial charge in [0.2, 0.25) is 10.0 Å². The van der Waals surface area contributed by atoms with E-state index in [0.717, 1.165) is 13.1 Å². The summed E-state index contributed by atoms with van der Waals surface area (Å²) >= 11 is 0. The first-order chi connectivity index (χ1) is 10.0. The highest BCUT2D eigenvalue weighted by molar-refractivity contribution is 7.92. The molecule has 0 spiro atoms. The SMILES string of the molecule is CCCS(=O)(=O)Nc1ccccc1C(=O)N1CCNCC1. The lowest BCUT2D eigenvalue weighted by Crippen LogP contribution is -2.46. The molecule has 2 rings (SSSR count). The summed E-state index contributed by atoms with van der Waals surface area (Å²) in [6, 6.07) is 6.75. The summed E-state index contributed by atoms with van der Waals surface area (Å²) in [6.45, 7) is 4.59. The van der Waals surface area contributed by atoms with Gasteiger partial charge < -0.3 is 10.2 Å². The molecular formula is C14H21N3O3S. The molecule has 7 heteroatoms. The highest BCUT2D eigenvalue weighted by Gasteiger charge is 2.21. The first-order valence-electron chi connectivity index (χ1n) is 7.13. The van der Waals surface area contributed by atoms with Crippen molar-refractivity contribution in [1.82, 2.24) is 10.2 Å². The van der Waals surface area contributed by atoms with Crippen molar-refractivity contribution < 1.29 is 13.2 Å². The average Bonchev–Trinajstić information content (AvgIpc) is 2.47. The van der Waals surface area contributed by atoms with Crippen molar-refractivity contribution in [3.05, 3.63) is 29.8 Å². The number of sulfonamides is 1. The molecule has 6 nitrogen and oxygen atoms in total. The first-order valence-corrected chi connectivity index (χ1v) is 8.78. The van der Waals surface area contributed by atoms with Crippen molar-refractivity contribution in [2.75, 3.05) is 36.7 Å². The van der Waals surface area contributed by atoms with Crippen LogP contribution in [-0.4, -0.2) is 51.2 Å². The average molecular weight is 311 g/mol. The number of hydrogen-bond acceptors (Lipinski definition) is 4. The summed E-state index contributed by atoms with van der Waals surface area (Å²) in [5.74, 6) is -0.0883. The van der Waals surface area contributed by atoms with Crippen LogP contribution in [0, 0.1) is 0 Å². The minimum absolute atomic E-state index is 0.0448. The largest absolute Gasteiger partial charge is 0.336 e. The van der Waals surface area contributed by atoms with Gasteiger partial charge in [0, 0.05) is 26.2 Å². The van der Waals surface area contributed by atoms with Crippen LogP contribution in [0.25, 0.3) is 0 Å². The van der Waals surface area contributed by atoms with Crippen molar-refractivity contribution in [1.29, 1.82) is 0 Å². The zero-order valence-corrected chi connectivity index (χ0v) is 12.9. The molecular weight excluding hydrogens is 290 g/mol. The summed E-state index contributed by atoms with van der Waals surface area (Å²) in [5.41, 5.74) is 0.758. The Morgan fingerprint density at radius 1 is 1.29 bits per heavy atom. The highest BCUT2D eigenvalue weighted by atomic mass is 32.2. The smallest absolute Gasteiger partial charge is 0.256 e. The lowest BCUT2D eigenvalue weighted by molar-refractivity contribution is 0.0737. The number of benzene rings is 1. The van der Waals surface area contributed by atoms with E-state index in [2.05, 4.69) is 10.0 Å².